The number of hydrogen-bond donors (Lipinski definition) is 0. The van der Waals surface area contributed by atoms with Gasteiger partial charge in [0.25, 0.3) is 0 Å². The Balaban J connectivity index is 2.41. The van der Waals surface area contributed by atoms with E-state index in [1.54, 1.807) is 0 Å². The van der Waals surface area contributed by atoms with Crippen LogP contribution in [0.4, 0.5) is 5.00 Å². The van der Waals surface area contributed by atoms with E-state index in [-0.39, 0.29) is 10.9 Å². The first-order valence-corrected chi connectivity index (χ1v) is 9.23. The van der Waals surface area contributed by atoms with Crippen LogP contribution in [0.1, 0.15) is 32.3 Å². The summed E-state index contributed by atoms with van der Waals surface area (Å²) in [5, 5.41) is 10.0. The fourth-order valence-electron chi connectivity index (χ4n) is 2.63. The molecule has 110 valence electrons. The van der Waals surface area contributed by atoms with Gasteiger partial charge in [-0.05, 0) is 24.4 Å². The summed E-state index contributed by atoms with van der Waals surface area (Å²) in [6.07, 6.45) is 1.13. The van der Waals surface area contributed by atoms with Gasteiger partial charge in [-0.2, -0.15) is 9.64 Å². The van der Waals surface area contributed by atoms with Gasteiger partial charge < -0.3 is 4.90 Å². The number of nitriles is 1. The van der Waals surface area contributed by atoms with Gasteiger partial charge in [0.1, 0.15) is 16.6 Å². The Bertz CT molecular complexity index is 644. The highest BCUT2D eigenvalue weighted by atomic mass is 35.5. The van der Waals surface area contributed by atoms with Crippen LogP contribution in [0.5, 0.6) is 0 Å². The highest BCUT2D eigenvalue weighted by molar-refractivity contribution is 7.92. The SMILES string of the molecule is CCC1(CC)CN(c2snc(Cl)c2C#N)CCS1(=O)=O. The predicted molar refractivity (Wildman–Crippen MR) is 81.2 cm³/mol. The molecule has 1 aromatic heterocycles. The molecular formula is C12H16ClN3O2S2. The molecule has 2 rings (SSSR count). The van der Waals surface area contributed by atoms with E-state index in [2.05, 4.69) is 10.4 Å². The van der Waals surface area contributed by atoms with Crippen molar-refractivity contribution < 1.29 is 8.42 Å². The minimum absolute atomic E-state index is 0.106. The van der Waals surface area contributed by atoms with E-state index in [1.165, 1.54) is 0 Å². The molecule has 0 aromatic carbocycles. The van der Waals surface area contributed by atoms with Gasteiger partial charge in [0.15, 0.2) is 15.0 Å². The summed E-state index contributed by atoms with van der Waals surface area (Å²) in [7, 11) is -3.11. The molecule has 0 bridgehead atoms. The van der Waals surface area contributed by atoms with Gasteiger partial charge in [0.2, 0.25) is 0 Å². The minimum atomic E-state index is -3.11. The summed E-state index contributed by atoms with van der Waals surface area (Å²) in [4.78, 5) is 1.94. The quantitative estimate of drug-likeness (QED) is 0.849. The smallest absolute Gasteiger partial charge is 0.162 e. The first-order chi connectivity index (χ1) is 9.40. The Hall–Kier alpha value is -0.840. The van der Waals surface area contributed by atoms with Crippen LogP contribution in [0.2, 0.25) is 5.15 Å². The largest absolute Gasteiger partial charge is 0.358 e. The zero-order chi connectivity index (χ0) is 15.0. The molecule has 0 radical (unpaired) electrons. The molecule has 1 saturated heterocycles. The molecule has 2 heterocycles. The first kappa shape index (κ1) is 15.5. The number of sulfone groups is 1. The minimum Gasteiger partial charge on any atom is -0.358 e. The van der Waals surface area contributed by atoms with Crippen molar-refractivity contribution in [3.63, 3.8) is 0 Å². The van der Waals surface area contributed by atoms with Crippen LogP contribution >= 0.6 is 23.1 Å². The molecule has 0 aliphatic carbocycles. The fourth-order valence-corrected chi connectivity index (χ4v) is 5.81. The van der Waals surface area contributed by atoms with E-state index >= 15 is 0 Å². The van der Waals surface area contributed by atoms with Gasteiger partial charge in [0.05, 0.1) is 10.5 Å². The molecule has 1 aliphatic rings. The van der Waals surface area contributed by atoms with Crippen molar-refractivity contribution in [1.29, 1.82) is 5.26 Å². The standard InChI is InChI=1S/C12H16ClN3O2S2/c1-3-12(4-2)8-16(5-6-20(12,17)18)11-9(7-14)10(13)15-19-11/h3-6,8H2,1-2H3. The molecule has 1 fully saturated rings. The second-order valence-corrected chi connectivity index (χ2v) is 8.51. The Labute approximate surface area is 128 Å². The van der Waals surface area contributed by atoms with Crippen LogP contribution in [0.25, 0.3) is 0 Å². The normalized spacial score (nSPS) is 20.6. The maximum atomic E-state index is 12.4. The van der Waals surface area contributed by atoms with Gasteiger partial charge in [-0.25, -0.2) is 8.42 Å². The molecule has 0 amide bonds. The molecule has 20 heavy (non-hydrogen) atoms. The van der Waals surface area contributed by atoms with Crippen molar-refractivity contribution in [3.8, 4) is 6.07 Å². The summed E-state index contributed by atoms with van der Waals surface area (Å²) >= 11 is 7.05. The number of anilines is 1. The first-order valence-electron chi connectivity index (χ1n) is 6.43. The molecule has 1 aromatic rings. The molecule has 8 heteroatoms. The van der Waals surface area contributed by atoms with Crippen molar-refractivity contribution >= 4 is 38.0 Å². The van der Waals surface area contributed by atoms with Crippen molar-refractivity contribution in [3.05, 3.63) is 10.7 Å². The summed E-state index contributed by atoms with van der Waals surface area (Å²) in [5.74, 6) is 0.106. The lowest BCUT2D eigenvalue weighted by Crippen LogP contribution is -2.55. The number of nitrogens with zero attached hydrogens (tertiary/aromatic N) is 3. The van der Waals surface area contributed by atoms with Gasteiger partial charge in [-0.1, -0.05) is 25.4 Å². The average molecular weight is 334 g/mol. The van der Waals surface area contributed by atoms with E-state index in [0.29, 0.717) is 36.5 Å². The maximum Gasteiger partial charge on any atom is 0.162 e. The summed E-state index contributed by atoms with van der Waals surface area (Å²) in [6, 6.07) is 2.05. The van der Waals surface area contributed by atoms with Crippen LogP contribution in [-0.4, -0.2) is 36.4 Å². The third-order valence-electron chi connectivity index (χ3n) is 4.09. The van der Waals surface area contributed by atoms with Gasteiger partial charge in [-0.15, -0.1) is 0 Å². The lowest BCUT2D eigenvalue weighted by molar-refractivity contribution is 0.459. The van der Waals surface area contributed by atoms with Gasteiger partial charge in [0, 0.05) is 13.1 Å². The fraction of sp³-hybridized carbons (Fsp3) is 0.667. The highest BCUT2D eigenvalue weighted by Crippen LogP contribution is 2.38. The topological polar surface area (TPSA) is 74.1 Å². The van der Waals surface area contributed by atoms with E-state index in [1.807, 2.05) is 18.7 Å². The number of halogens is 1. The average Bonchev–Trinajstić information content (AvgIpc) is 2.80. The Kier molecular flexibility index (Phi) is 4.28. The van der Waals surface area contributed by atoms with E-state index in [9.17, 15) is 8.42 Å². The molecular weight excluding hydrogens is 318 g/mol. The lowest BCUT2D eigenvalue weighted by atomic mass is 10.0. The van der Waals surface area contributed by atoms with Crippen molar-refractivity contribution in [2.45, 2.75) is 31.4 Å². The van der Waals surface area contributed by atoms with Crippen molar-refractivity contribution in [2.75, 3.05) is 23.7 Å². The van der Waals surface area contributed by atoms with E-state index in [4.69, 9.17) is 16.9 Å². The highest BCUT2D eigenvalue weighted by Gasteiger charge is 2.46. The second kappa shape index (κ2) is 5.51. The third-order valence-corrected chi connectivity index (χ3v) is 8.12. The third kappa shape index (κ3) is 2.30. The van der Waals surface area contributed by atoms with Crippen LogP contribution in [0.3, 0.4) is 0 Å². The van der Waals surface area contributed by atoms with Gasteiger partial charge in [-0.3, -0.25) is 0 Å². The summed E-state index contributed by atoms with van der Waals surface area (Å²) in [6.45, 7) is 4.58. The molecule has 5 nitrogen and oxygen atoms in total. The molecule has 0 unspecified atom stereocenters. The Morgan fingerprint density at radius 1 is 1.50 bits per heavy atom. The summed E-state index contributed by atoms with van der Waals surface area (Å²) in [5.41, 5.74) is 0.345. The zero-order valence-corrected chi connectivity index (χ0v) is 13.8. The van der Waals surface area contributed by atoms with Crippen LogP contribution < -0.4 is 4.90 Å². The lowest BCUT2D eigenvalue weighted by Gasteiger charge is -2.41. The van der Waals surface area contributed by atoms with Crippen LogP contribution in [0, 0.1) is 11.3 Å². The molecule has 0 saturated carbocycles. The monoisotopic (exact) mass is 333 g/mol. The Morgan fingerprint density at radius 2 is 2.15 bits per heavy atom. The predicted octanol–water partition coefficient (Wildman–Crippen LogP) is 2.46. The maximum absolute atomic E-state index is 12.4. The second-order valence-electron chi connectivity index (χ2n) is 4.90. The van der Waals surface area contributed by atoms with E-state index < -0.39 is 14.6 Å². The van der Waals surface area contributed by atoms with Crippen molar-refractivity contribution in [1.82, 2.24) is 4.37 Å². The van der Waals surface area contributed by atoms with Crippen LogP contribution in [0.15, 0.2) is 0 Å². The number of rotatable bonds is 3. The van der Waals surface area contributed by atoms with Crippen molar-refractivity contribution in [2.24, 2.45) is 0 Å². The molecule has 0 N–H and O–H groups in total. The molecule has 0 spiro atoms. The van der Waals surface area contributed by atoms with Crippen LogP contribution in [-0.2, 0) is 9.84 Å². The number of hydrogen-bond acceptors (Lipinski definition) is 6. The Morgan fingerprint density at radius 3 is 2.70 bits per heavy atom. The molecule has 1 aliphatic heterocycles. The zero-order valence-electron chi connectivity index (χ0n) is 11.4. The molecule has 0 atom stereocenters. The summed E-state index contributed by atoms with van der Waals surface area (Å²) < 4.78 is 28.0. The van der Waals surface area contributed by atoms with E-state index in [0.717, 1.165) is 11.5 Å². The number of aromatic nitrogens is 1. The van der Waals surface area contributed by atoms with Gasteiger partial charge >= 0.3 is 0 Å².